The van der Waals surface area contributed by atoms with Gasteiger partial charge in [-0.1, -0.05) is 41.5 Å². The van der Waals surface area contributed by atoms with E-state index in [1.165, 1.54) is 13.1 Å². The Balaban J connectivity index is 2.79. The Morgan fingerprint density at radius 2 is 1.35 bits per heavy atom. The first kappa shape index (κ1) is 17.7. The van der Waals surface area contributed by atoms with Crippen molar-refractivity contribution in [2.24, 2.45) is 0 Å². The molecule has 1 rings (SSSR count). The van der Waals surface area contributed by atoms with Gasteiger partial charge in [0.25, 0.3) is 0 Å². The summed E-state index contributed by atoms with van der Waals surface area (Å²) in [5.74, 6) is 0. The number of piperazine rings is 1. The van der Waals surface area contributed by atoms with Crippen molar-refractivity contribution >= 4 is 8.24 Å². The van der Waals surface area contributed by atoms with E-state index in [1.807, 2.05) is 0 Å². The van der Waals surface area contributed by atoms with Gasteiger partial charge >= 0.3 is 0 Å². The van der Waals surface area contributed by atoms with E-state index in [4.69, 9.17) is 5.26 Å². The fraction of sp³-hybridized carbons (Fsp3) is 0.938. The van der Waals surface area contributed by atoms with Crippen LogP contribution in [0.5, 0.6) is 0 Å². The van der Waals surface area contributed by atoms with Crippen LogP contribution < -0.4 is 0 Å². The van der Waals surface area contributed by atoms with Gasteiger partial charge < -0.3 is 4.57 Å². The number of hydrogen-bond acceptors (Lipinski definition) is 3. The van der Waals surface area contributed by atoms with E-state index in [1.54, 1.807) is 0 Å². The van der Waals surface area contributed by atoms with E-state index in [9.17, 15) is 0 Å². The summed E-state index contributed by atoms with van der Waals surface area (Å²) in [5.41, 5.74) is 2.40. The number of hydrogen-bond donors (Lipinski definition) is 0. The van der Waals surface area contributed by atoms with Gasteiger partial charge in [-0.05, 0) is 16.6 Å². The first-order valence-corrected chi connectivity index (χ1v) is 10.4. The molecule has 0 aromatic heterocycles. The van der Waals surface area contributed by atoms with Gasteiger partial charge in [0.1, 0.15) is 8.24 Å². The van der Waals surface area contributed by atoms with E-state index >= 15 is 0 Å². The summed E-state index contributed by atoms with van der Waals surface area (Å²) in [5, 5.41) is 8.72. The van der Waals surface area contributed by atoms with Gasteiger partial charge in [0, 0.05) is 39.1 Å². The number of nitriles is 1. The molecule has 1 saturated heterocycles. The Hall–Kier alpha value is -0.373. The minimum Gasteiger partial charge on any atom is -0.320 e. The molecule has 0 N–H and O–H groups in total. The highest BCUT2D eigenvalue weighted by Crippen LogP contribution is 2.44. The summed E-state index contributed by atoms with van der Waals surface area (Å²) >= 11 is 0. The fourth-order valence-electron chi connectivity index (χ4n) is 4.66. The lowest BCUT2D eigenvalue weighted by molar-refractivity contribution is 0.180. The van der Waals surface area contributed by atoms with Crippen molar-refractivity contribution < 1.29 is 0 Å². The van der Waals surface area contributed by atoms with E-state index in [0.29, 0.717) is 6.42 Å². The standard InChI is InChI=1S/C16H33N3Si/c1-14(2)20(15(3)4,16(5)6)19-12-10-18(11-13-19)9-7-8-17/h14-16H,7,9-13H2,1-6H3. The second-order valence-corrected chi connectivity index (χ2v) is 13.0. The molecule has 0 unspecified atom stereocenters. The maximum atomic E-state index is 8.72. The largest absolute Gasteiger partial charge is 0.320 e. The molecule has 116 valence electrons. The van der Waals surface area contributed by atoms with E-state index in [-0.39, 0.29) is 0 Å². The Bertz CT molecular complexity index is 303. The van der Waals surface area contributed by atoms with E-state index < -0.39 is 8.24 Å². The molecule has 1 fully saturated rings. The van der Waals surface area contributed by atoms with Crippen LogP contribution >= 0.6 is 0 Å². The molecular weight excluding hydrogens is 262 g/mol. The molecule has 0 radical (unpaired) electrons. The van der Waals surface area contributed by atoms with Crippen LogP contribution in [0.15, 0.2) is 0 Å². The van der Waals surface area contributed by atoms with Crippen LogP contribution in [-0.2, 0) is 0 Å². The highest BCUT2D eigenvalue weighted by atomic mass is 28.3. The molecule has 1 aliphatic rings. The zero-order valence-corrected chi connectivity index (χ0v) is 15.3. The normalized spacial score (nSPS) is 19.0. The monoisotopic (exact) mass is 295 g/mol. The molecule has 0 bridgehead atoms. The van der Waals surface area contributed by atoms with Crippen LogP contribution in [0.4, 0.5) is 0 Å². The molecule has 0 saturated carbocycles. The van der Waals surface area contributed by atoms with Crippen LogP contribution in [0.3, 0.4) is 0 Å². The third-order valence-electron chi connectivity index (χ3n) is 5.23. The third kappa shape index (κ3) is 3.44. The van der Waals surface area contributed by atoms with E-state index in [0.717, 1.165) is 36.3 Å². The van der Waals surface area contributed by atoms with Crippen LogP contribution in [-0.4, -0.2) is 50.4 Å². The minimum absolute atomic E-state index is 0.668. The maximum Gasteiger partial charge on any atom is 0.136 e. The zero-order valence-electron chi connectivity index (χ0n) is 14.3. The predicted molar refractivity (Wildman–Crippen MR) is 89.3 cm³/mol. The molecular formula is C16H33N3Si. The number of rotatable bonds is 6. The van der Waals surface area contributed by atoms with Gasteiger partial charge in [-0.2, -0.15) is 5.26 Å². The lowest BCUT2D eigenvalue weighted by Gasteiger charge is -2.53. The van der Waals surface area contributed by atoms with Crippen molar-refractivity contribution in [3.63, 3.8) is 0 Å². The van der Waals surface area contributed by atoms with Crippen LogP contribution in [0.2, 0.25) is 16.6 Å². The molecule has 3 nitrogen and oxygen atoms in total. The lowest BCUT2D eigenvalue weighted by Crippen LogP contribution is -2.64. The summed E-state index contributed by atoms with van der Waals surface area (Å²) in [6, 6.07) is 2.26. The summed E-state index contributed by atoms with van der Waals surface area (Å²) in [6.07, 6.45) is 0.668. The molecule has 0 aliphatic carbocycles. The second kappa shape index (κ2) is 7.58. The Kier molecular flexibility index (Phi) is 6.70. The molecule has 0 aromatic carbocycles. The quantitative estimate of drug-likeness (QED) is 0.700. The first-order chi connectivity index (χ1) is 9.37. The van der Waals surface area contributed by atoms with Crippen LogP contribution in [0.1, 0.15) is 48.0 Å². The van der Waals surface area contributed by atoms with Gasteiger partial charge in [0.15, 0.2) is 0 Å². The summed E-state index contributed by atoms with van der Waals surface area (Å²) in [4.78, 5) is 2.46. The fourth-order valence-corrected chi connectivity index (χ4v) is 11.8. The topological polar surface area (TPSA) is 30.3 Å². The highest BCUT2D eigenvalue weighted by Gasteiger charge is 2.48. The molecule has 4 heteroatoms. The van der Waals surface area contributed by atoms with Crippen LogP contribution in [0, 0.1) is 11.3 Å². The summed E-state index contributed by atoms with van der Waals surface area (Å²) < 4.78 is 2.87. The van der Waals surface area contributed by atoms with E-state index in [2.05, 4.69) is 57.1 Å². The van der Waals surface area contributed by atoms with Crippen LogP contribution in [0.25, 0.3) is 0 Å². The average Bonchev–Trinajstić information content (AvgIpc) is 2.37. The molecule has 1 heterocycles. The van der Waals surface area contributed by atoms with Crippen molar-refractivity contribution in [1.82, 2.24) is 9.47 Å². The summed E-state index contributed by atoms with van der Waals surface area (Å²) in [7, 11) is -1.45. The zero-order chi connectivity index (χ0) is 15.3. The second-order valence-electron chi connectivity index (χ2n) is 7.09. The van der Waals surface area contributed by atoms with Gasteiger partial charge in [0.2, 0.25) is 0 Å². The predicted octanol–water partition coefficient (Wildman–Crippen LogP) is 3.69. The molecule has 1 aliphatic heterocycles. The SMILES string of the molecule is CC(C)[Si](C(C)C)(C(C)C)N1CCN(CCC#N)CC1. The minimum atomic E-state index is -1.45. The van der Waals surface area contributed by atoms with Crippen molar-refractivity contribution in [2.75, 3.05) is 32.7 Å². The van der Waals surface area contributed by atoms with Crippen molar-refractivity contribution in [3.8, 4) is 6.07 Å². The average molecular weight is 296 g/mol. The molecule has 20 heavy (non-hydrogen) atoms. The molecule has 0 aromatic rings. The van der Waals surface area contributed by atoms with Gasteiger partial charge in [-0.3, -0.25) is 4.90 Å². The highest BCUT2D eigenvalue weighted by molar-refractivity contribution is 6.81. The smallest absolute Gasteiger partial charge is 0.136 e. The summed E-state index contributed by atoms with van der Waals surface area (Å²) in [6.45, 7) is 20.3. The van der Waals surface area contributed by atoms with Gasteiger partial charge in [0.05, 0.1) is 6.07 Å². The van der Waals surface area contributed by atoms with Crippen molar-refractivity contribution in [2.45, 2.75) is 64.6 Å². The molecule has 0 spiro atoms. The third-order valence-corrected chi connectivity index (χ3v) is 12.3. The Morgan fingerprint density at radius 1 is 0.900 bits per heavy atom. The van der Waals surface area contributed by atoms with Gasteiger partial charge in [-0.25, -0.2) is 0 Å². The Labute approximate surface area is 127 Å². The van der Waals surface area contributed by atoms with Crippen molar-refractivity contribution in [1.29, 1.82) is 5.26 Å². The maximum absolute atomic E-state index is 8.72. The van der Waals surface area contributed by atoms with Crippen molar-refractivity contribution in [3.05, 3.63) is 0 Å². The molecule has 0 amide bonds. The molecule has 0 atom stereocenters. The number of nitrogens with zero attached hydrogens (tertiary/aromatic N) is 3. The lowest BCUT2D eigenvalue weighted by atomic mass is 10.3. The first-order valence-electron chi connectivity index (χ1n) is 8.21. The van der Waals surface area contributed by atoms with Gasteiger partial charge in [-0.15, -0.1) is 0 Å². The Morgan fingerprint density at radius 3 is 1.70 bits per heavy atom.